The SMILES string of the molecule is C/C=C/C#CC#C[C@@H](O)/C=C/CCCCCCC. The summed E-state index contributed by atoms with van der Waals surface area (Å²) in [4.78, 5) is 0. The summed E-state index contributed by atoms with van der Waals surface area (Å²) in [5.74, 6) is 10.7. The molecule has 0 aromatic heterocycles. The summed E-state index contributed by atoms with van der Waals surface area (Å²) >= 11 is 0. The molecule has 0 saturated carbocycles. The van der Waals surface area contributed by atoms with Gasteiger partial charge < -0.3 is 5.11 Å². The van der Waals surface area contributed by atoms with Crippen molar-refractivity contribution in [2.24, 2.45) is 0 Å². The zero-order valence-electron chi connectivity index (χ0n) is 11.6. The number of allylic oxidation sites excluding steroid dienone is 3. The third-order valence-electron chi connectivity index (χ3n) is 2.40. The van der Waals surface area contributed by atoms with E-state index in [1.165, 1.54) is 32.1 Å². The van der Waals surface area contributed by atoms with E-state index in [2.05, 4.69) is 30.6 Å². The number of hydrogen-bond donors (Lipinski definition) is 1. The highest BCUT2D eigenvalue weighted by molar-refractivity contribution is 5.32. The molecule has 0 amide bonds. The maximum Gasteiger partial charge on any atom is 0.134 e. The van der Waals surface area contributed by atoms with Gasteiger partial charge in [0.1, 0.15) is 6.10 Å². The van der Waals surface area contributed by atoms with Crippen LogP contribution in [0.15, 0.2) is 24.3 Å². The van der Waals surface area contributed by atoms with Crippen LogP contribution in [0, 0.1) is 23.7 Å². The molecule has 1 nitrogen and oxygen atoms in total. The molecule has 1 N–H and O–H groups in total. The van der Waals surface area contributed by atoms with Gasteiger partial charge in [-0.05, 0) is 43.8 Å². The Balaban J connectivity index is 3.68. The van der Waals surface area contributed by atoms with Gasteiger partial charge in [-0.2, -0.15) is 0 Å². The van der Waals surface area contributed by atoms with Gasteiger partial charge in [-0.15, -0.1) is 0 Å². The quantitative estimate of drug-likeness (QED) is 0.410. The Kier molecular flexibility index (Phi) is 12.5. The van der Waals surface area contributed by atoms with E-state index >= 15 is 0 Å². The minimum absolute atomic E-state index is 0.694. The highest BCUT2D eigenvalue weighted by Crippen LogP contribution is 2.05. The molecule has 0 aliphatic heterocycles. The van der Waals surface area contributed by atoms with Gasteiger partial charge in [-0.25, -0.2) is 0 Å². The standard InChI is InChI=1S/C17H24O/c1-3-5-7-9-10-12-14-16-17(18)15-13-11-8-6-4-2/h4,6,14,16-18H,3,5,7,9-10,12H2,1-2H3/b6-4+,16-14+/t17-/m1/s1. The van der Waals surface area contributed by atoms with Crippen LogP contribution in [-0.2, 0) is 0 Å². The van der Waals surface area contributed by atoms with Crippen LogP contribution in [0.1, 0.15) is 52.4 Å². The lowest BCUT2D eigenvalue weighted by molar-refractivity contribution is 0.280. The van der Waals surface area contributed by atoms with Crippen molar-refractivity contribution >= 4 is 0 Å². The summed E-state index contributed by atoms with van der Waals surface area (Å²) in [5.41, 5.74) is 0. The molecule has 1 atom stereocenters. The Labute approximate surface area is 112 Å². The molecule has 0 spiro atoms. The maximum absolute atomic E-state index is 9.50. The molecule has 0 aromatic rings. The largest absolute Gasteiger partial charge is 0.377 e. The fourth-order valence-corrected chi connectivity index (χ4v) is 1.41. The highest BCUT2D eigenvalue weighted by atomic mass is 16.3. The topological polar surface area (TPSA) is 20.2 Å². The zero-order valence-corrected chi connectivity index (χ0v) is 11.6. The van der Waals surface area contributed by atoms with Crippen LogP contribution in [-0.4, -0.2) is 11.2 Å². The van der Waals surface area contributed by atoms with E-state index in [0.29, 0.717) is 0 Å². The van der Waals surface area contributed by atoms with Gasteiger partial charge in [0.05, 0.1) is 0 Å². The minimum Gasteiger partial charge on any atom is -0.377 e. The smallest absolute Gasteiger partial charge is 0.134 e. The molecular formula is C17H24O. The van der Waals surface area contributed by atoms with E-state index in [1.54, 1.807) is 12.2 Å². The van der Waals surface area contributed by atoms with Crippen LogP contribution >= 0.6 is 0 Å². The van der Waals surface area contributed by atoms with E-state index in [1.807, 2.05) is 19.1 Å². The van der Waals surface area contributed by atoms with Gasteiger partial charge in [-0.3, -0.25) is 0 Å². The lowest BCUT2D eigenvalue weighted by atomic mass is 10.1. The number of aliphatic hydroxyl groups excluding tert-OH is 1. The maximum atomic E-state index is 9.50. The van der Waals surface area contributed by atoms with Gasteiger partial charge >= 0.3 is 0 Å². The van der Waals surface area contributed by atoms with Crippen LogP contribution < -0.4 is 0 Å². The van der Waals surface area contributed by atoms with Crippen LogP contribution in [0.25, 0.3) is 0 Å². The molecule has 0 bridgehead atoms. The molecular weight excluding hydrogens is 220 g/mol. The first-order chi connectivity index (χ1) is 8.81. The third-order valence-corrected chi connectivity index (χ3v) is 2.40. The van der Waals surface area contributed by atoms with E-state index in [-0.39, 0.29) is 0 Å². The third kappa shape index (κ3) is 12.6. The predicted molar refractivity (Wildman–Crippen MR) is 78.9 cm³/mol. The van der Waals surface area contributed by atoms with Crippen molar-refractivity contribution in [3.05, 3.63) is 24.3 Å². The number of unbranched alkanes of at least 4 members (excludes halogenated alkanes) is 5. The van der Waals surface area contributed by atoms with Crippen LogP contribution in [0.2, 0.25) is 0 Å². The van der Waals surface area contributed by atoms with Crippen molar-refractivity contribution in [1.82, 2.24) is 0 Å². The van der Waals surface area contributed by atoms with E-state index in [4.69, 9.17) is 0 Å². The minimum atomic E-state index is -0.694. The van der Waals surface area contributed by atoms with Gasteiger partial charge in [0.15, 0.2) is 0 Å². The number of rotatable bonds is 7. The monoisotopic (exact) mass is 244 g/mol. The Morgan fingerprint density at radius 2 is 1.89 bits per heavy atom. The normalized spacial score (nSPS) is 11.9. The highest BCUT2D eigenvalue weighted by Gasteiger charge is 1.90. The fourth-order valence-electron chi connectivity index (χ4n) is 1.41. The summed E-state index contributed by atoms with van der Waals surface area (Å²) in [5, 5.41) is 9.50. The predicted octanol–water partition coefficient (Wildman–Crippen LogP) is 3.85. The molecule has 1 heteroatoms. The molecule has 0 aliphatic carbocycles. The molecule has 18 heavy (non-hydrogen) atoms. The summed E-state index contributed by atoms with van der Waals surface area (Å²) in [6, 6.07) is 0. The Bertz CT molecular complexity index is 355. The lowest BCUT2D eigenvalue weighted by Crippen LogP contribution is -1.96. The molecule has 0 heterocycles. The molecule has 0 aliphatic rings. The summed E-state index contributed by atoms with van der Waals surface area (Å²) in [6.07, 6.45) is 14.0. The Hall–Kier alpha value is -1.44. The van der Waals surface area contributed by atoms with Crippen molar-refractivity contribution in [1.29, 1.82) is 0 Å². The van der Waals surface area contributed by atoms with Crippen molar-refractivity contribution in [3.63, 3.8) is 0 Å². The molecule has 0 rings (SSSR count). The molecule has 0 aromatic carbocycles. The van der Waals surface area contributed by atoms with Crippen molar-refractivity contribution in [3.8, 4) is 23.7 Å². The zero-order chi connectivity index (χ0) is 13.5. The second-order valence-corrected chi connectivity index (χ2v) is 4.11. The van der Waals surface area contributed by atoms with Gasteiger partial charge in [0, 0.05) is 0 Å². The molecule has 0 saturated heterocycles. The molecule has 98 valence electrons. The summed E-state index contributed by atoms with van der Waals surface area (Å²) < 4.78 is 0. The Morgan fingerprint density at radius 1 is 1.11 bits per heavy atom. The van der Waals surface area contributed by atoms with Crippen molar-refractivity contribution in [2.45, 2.75) is 58.5 Å². The first-order valence-corrected chi connectivity index (χ1v) is 6.78. The molecule has 0 unspecified atom stereocenters. The van der Waals surface area contributed by atoms with Crippen LogP contribution in [0.3, 0.4) is 0 Å². The van der Waals surface area contributed by atoms with Gasteiger partial charge in [0.25, 0.3) is 0 Å². The fraction of sp³-hybridized carbons (Fsp3) is 0.529. The Morgan fingerprint density at radius 3 is 2.61 bits per heavy atom. The van der Waals surface area contributed by atoms with Crippen molar-refractivity contribution < 1.29 is 5.11 Å². The number of aliphatic hydroxyl groups is 1. The van der Waals surface area contributed by atoms with Crippen molar-refractivity contribution in [2.75, 3.05) is 0 Å². The second kappa shape index (κ2) is 13.6. The first kappa shape index (κ1) is 16.6. The average Bonchev–Trinajstić information content (AvgIpc) is 2.37. The van der Waals surface area contributed by atoms with Gasteiger partial charge in [0.2, 0.25) is 0 Å². The van der Waals surface area contributed by atoms with Gasteiger partial charge in [-0.1, -0.05) is 56.6 Å². The second-order valence-electron chi connectivity index (χ2n) is 4.11. The van der Waals surface area contributed by atoms with Crippen LogP contribution in [0.5, 0.6) is 0 Å². The molecule has 0 fully saturated rings. The van der Waals surface area contributed by atoms with E-state index in [0.717, 1.165) is 6.42 Å². The number of hydrogen-bond acceptors (Lipinski definition) is 1. The first-order valence-electron chi connectivity index (χ1n) is 6.78. The average molecular weight is 244 g/mol. The molecule has 0 radical (unpaired) electrons. The van der Waals surface area contributed by atoms with E-state index < -0.39 is 6.10 Å². The lowest BCUT2D eigenvalue weighted by Gasteiger charge is -1.96. The van der Waals surface area contributed by atoms with E-state index in [9.17, 15) is 5.11 Å². The summed E-state index contributed by atoms with van der Waals surface area (Å²) in [6.45, 7) is 4.12. The van der Waals surface area contributed by atoms with Crippen LogP contribution in [0.4, 0.5) is 0 Å². The summed E-state index contributed by atoms with van der Waals surface area (Å²) in [7, 11) is 0.